The van der Waals surface area contributed by atoms with Gasteiger partial charge < -0.3 is 14.9 Å². The molecule has 1 aliphatic heterocycles. The molecule has 1 rings (SSSR count). The second-order valence-electron chi connectivity index (χ2n) is 4.26. The highest BCUT2D eigenvalue weighted by Gasteiger charge is 2.40. The average Bonchev–Trinajstić information content (AvgIpc) is 2.07. The number of rotatable bonds is 2. The van der Waals surface area contributed by atoms with E-state index in [0.29, 0.717) is 6.42 Å². The summed E-state index contributed by atoms with van der Waals surface area (Å²) in [6, 6.07) is 0. The molecule has 4 nitrogen and oxygen atoms in total. The molecule has 0 aromatic carbocycles. The van der Waals surface area contributed by atoms with Crippen LogP contribution in [0.2, 0.25) is 0 Å². The van der Waals surface area contributed by atoms with Gasteiger partial charge in [0.2, 0.25) is 0 Å². The summed E-state index contributed by atoms with van der Waals surface area (Å²) in [6.45, 7) is 5.29. The van der Waals surface area contributed by atoms with Crippen molar-refractivity contribution < 1.29 is 19.7 Å². The molecule has 1 heterocycles. The first-order valence-electron chi connectivity index (χ1n) is 4.95. The molecule has 14 heavy (non-hydrogen) atoms. The second-order valence-corrected chi connectivity index (χ2v) is 4.26. The van der Waals surface area contributed by atoms with Crippen LogP contribution in [0.15, 0.2) is 0 Å². The van der Waals surface area contributed by atoms with Crippen molar-refractivity contribution in [1.82, 2.24) is 0 Å². The van der Waals surface area contributed by atoms with Gasteiger partial charge in [-0.15, -0.1) is 0 Å². The van der Waals surface area contributed by atoms with Gasteiger partial charge in [0.25, 0.3) is 0 Å². The molecule has 0 bridgehead atoms. The van der Waals surface area contributed by atoms with Gasteiger partial charge in [-0.1, -0.05) is 13.8 Å². The van der Waals surface area contributed by atoms with E-state index in [1.165, 1.54) is 6.92 Å². The predicted molar refractivity (Wildman–Crippen MR) is 50.5 cm³/mol. The van der Waals surface area contributed by atoms with E-state index in [9.17, 15) is 15.0 Å². The molecule has 0 aromatic rings. The molecule has 1 fully saturated rings. The van der Waals surface area contributed by atoms with Crippen LogP contribution < -0.4 is 0 Å². The molecule has 1 aliphatic rings. The first kappa shape index (κ1) is 11.6. The third-order valence-electron chi connectivity index (χ3n) is 2.78. The number of carbonyl (C=O) groups excluding carboxylic acids is 1. The van der Waals surface area contributed by atoms with E-state index in [1.54, 1.807) is 0 Å². The van der Waals surface area contributed by atoms with Crippen molar-refractivity contribution in [1.29, 1.82) is 0 Å². The lowest BCUT2D eigenvalue weighted by atomic mass is 9.82. The number of hydrogen-bond donors (Lipinski definition) is 2. The number of aliphatic hydroxyl groups excluding tert-OH is 2. The van der Waals surface area contributed by atoms with Gasteiger partial charge in [0, 0.05) is 6.42 Å². The Bertz CT molecular complexity index is 214. The molecule has 0 saturated carbocycles. The fourth-order valence-corrected chi connectivity index (χ4v) is 1.90. The van der Waals surface area contributed by atoms with Crippen molar-refractivity contribution in [3.05, 3.63) is 0 Å². The van der Waals surface area contributed by atoms with Crippen LogP contribution in [0.1, 0.15) is 27.2 Å². The van der Waals surface area contributed by atoms with Gasteiger partial charge in [-0.3, -0.25) is 4.79 Å². The molecule has 0 aliphatic carbocycles. The van der Waals surface area contributed by atoms with Gasteiger partial charge >= 0.3 is 0 Å². The van der Waals surface area contributed by atoms with Gasteiger partial charge in [-0.05, 0) is 18.8 Å². The van der Waals surface area contributed by atoms with Gasteiger partial charge in [-0.25, -0.2) is 0 Å². The van der Waals surface area contributed by atoms with E-state index < -0.39 is 18.5 Å². The number of carbonyl (C=O) groups is 1. The summed E-state index contributed by atoms with van der Waals surface area (Å²) in [5, 5.41) is 19.2. The minimum absolute atomic E-state index is 0.0763. The molecule has 1 saturated heterocycles. The lowest BCUT2D eigenvalue weighted by molar-refractivity contribution is -0.220. The van der Waals surface area contributed by atoms with Crippen LogP contribution in [0.4, 0.5) is 0 Å². The third kappa shape index (κ3) is 2.32. The zero-order valence-electron chi connectivity index (χ0n) is 8.80. The summed E-state index contributed by atoms with van der Waals surface area (Å²) in [4.78, 5) is 11.1. The maximum absolute atomic E-state index is 11.1. The fraction of sp³-hybridized carbons (Fsp3) is 0.900. The molecular weight excluding hydrogens is 184 g/mol. The van der Waals surface area contributed by atoms with Crippen molar-refractivity contribution in [3.8, 4) is 0 Å². The zero-order valence-corrected chi connectivity index (χ0v) is 8.80. The van der Waals surface area contributed by atoms with E-state index >= 15 is 0 Å². The van der Waals surface area contributed by atoms with Crippen molar-refractivity contribution >= 4 is 5.78 Å². The zero-order chi connectivity index (χ0) is 10.9. The minimum Gasteiger partial charge on any atom is -0.390 e. The monoisotopic (exact) mass is 202 g/mol. The van der Waals surface area contributed by atoms with Crippen molar-refractivity contribution in [2.75, 3.05) is 0 Å². The second kappa shape index (κ2) is 4.38. The Morgan fingerprint density at radius 1 is 1.43 bits per heavy atom. The van der Waals surface area contributed by atoms with Crippen LogP contribution in [0.25, 0.3) is 0 Å². The van der Waals surface area contributed by atoms with Gasteiger partial charge in [0.1, 0.15) is 6.10 Å². The molecule has 0 spiro atoms. The quantitative estimate of drug-likeness (QED) is 0.676. The Hall–Kier alpha value is -0.450. The summed E-state index contributed by atoms with van der Waals surface area (Å²) < 4.78 is 5.00. The lowest BCUT2D eigenvalue weighted by Gasteiger charge is -2.38. The van der Waals surface area contributed by atoms with E-state index in [1.807, 2.05) is 13.8 Å². The number of aliphatic hydroxyl groups is 2. The van der Waals surface area contributed by atoms with Crippen molar-refractivity contribution in [3.63, 3.8) is 0 Å². The Balaban J connectivity index is 2.75. The number of Topliss-reactive ketones (excluding diaryl/α,β-unsaturated/α-hetero) is 1. The first-order chi connectivity index (χ1) is 6.43. The van der Waals surface area contributed by atoms with E-state index in [2.05, 4.69) is 0 Å². The maximum atomic E-state index is 11.1. The van der Waals surface area contributed by atoms with Gasteiger partial charge in [-0.2, -0.15) is 0 Å². The van der Waals surface area contributed by atoms with Crippen LogP contribution in [-0.2, 0) is 9.53 Å². The van der Waals surface area contributed by atoms with Crippen LogP contribution in [0, 0.1) is 11.8 Å². The molecule has 0 aromatic heterocycles. The predicted octanol–water partition coefficient (Wildman–Crippen LogP) is 0.316. The summed E-state index contributed by atoms with van der Waals surface area (Å²) in [7, 11) is 0. The van der Waals surface area contributed by atoms with Crippen molar-refractivity contribution in [2.24, 2.45) is 11.8 Å². The van der Waals surface area contributed by atoms with Gasteiger partial charge in [0.15, 0.2) is 12.1 Å². The number of ether oxygens (including phenoxy) is 1. The molecule has 0 radical (unpaired) electrons. The maximum Gasteiger partial charge on any atom is 0.161 e. The van der Waals surface area contributed by atoms with Crippen LogP contribution >= 0.6 is 0 Å². The molecule has 2 N–H and O–H groups in total. The van der Waals surface area contributed by atoms with Crippen LogP contribution in [0.5, 0.6) is 0 Å². The molecule has 0 amide bonds. The highest BCUT2D eigenvalue weighted by Crippen LogP contribution is 2.30. The standard InChI is InChI=1S/C10H18O4/c1-5(2)7-4-8(12)14-10(6(3)11)9(7)13/h5,7-10,12-13H,4H2,1-3H3/t7-,8?,9-,10+/m1/s1. The smallest absolute Gasteiger partial charge is 0.161 e. The number of hydrogen-bond acceptors (Lipinski definition) is 4. The van der Waals surface area contributed by atoms with Crippen LogP contribution in [0.3, 0.4) is 0 Å². The molecule has 82 valence electrons. The average molecular weight is 202 g/mol. The Morgan fingerprint density at radius 3 is 2.43 bits per heavy atom. The Labute approximate surface area is 83.9 Å². The van der Waals surface area contributed by atoms with E-state index in [0.717, 1.165) is 0 Å². The normalized spacial score (nSPS) is 38.7. The summed E-state index contributed by atoms with van der Waals surface area (Å²) in [5.74, 6) is -0.0834. The first-order valence-corrected chi connectivity index (χ1v) is 4.95. The summed E-state index contributed by atoms with van der Waals surface area (Å²) >= 11 is 0. The summed E-state index contributed by atoms with van der Waals surface area (Å²) in [5.41, 5.74) is 0. The SMILES string of the molecule is CC(=O)[C@@H]1OC(O)C[C@H](C(C)C)[C@H]1O. The highest BCUT2D eigenvalue weighted by atomic mass is 16.6. The van der Waals surface area contributed by atoms with Crippen molar-refractivity contribution in [2.45, 2.75) is 45.7 Å². The fourth-order valence-electron chi connectivity index (χ4n) is 1.90. The Morgan fingerprint density at radius 2 is 2.00 bits per heavy atom. The lowest BCUT2D eigenvalue weighted by Crippen LogP contribution is -2.49. The molecule has 1 unspecified atom stereocenters. The third-order valence-corrected chi connectivity index (χ3v) is 2.78. The van der Waals surface area contributed by atoms with E-state index in [-0.39, 0.29) is 17.6 Å². The van der Waals surface area contributed by atoms with E-state index in [4.69, 9.17) is 4.74 Å². The molecular formula is C10H18O4. The summed E-state index contributed by atoms with van der Waals surface area (Å²) in [6.07, 6.45) is -2.20. The highest BCUT2D eigenvalue weighted by molar-refractivity contribution is 5.81. The topological polar surface area (TPSA) is 66.8 Å². The van der Waals surface area contributed by atoms with Crippen LogP contribution in [-0.4, -0.2) is 34.5 Å². The number of ketones is 1. The molecule has 4 atom stereocenters. The largest absolute Gasteiger partial charge is 0.390 e. The minimum atomic E-state index is -0.931. The Kier molecular flexibility index (Phi) is 3.64. The molecule has 4 heteroatoms. The van der Waals surface area contributed by atoms with Gasteiger partial charge in [0.05, 0.1) is 6.10 Å².